The Hall–Kier alpha value is -3.10. The molecule has 0 radical (unpaired) electrons. The summed E-state index contributed by atoms with van der Waals surface area (Å²) in [7, 11) is -3.36. The SMILES string of the molecule is CC(C)(C)c1ccc(OCc2nnc(SCCS(=O)(=O)c3ccccc3)n2-c2ccccc2)cc1. The van der Waals surface area contributed by atoms with Crippen molar-refractivity contribution >= 4 is 21.6 Å². The van der Waals surface area contributed by atoms with Crippen LogP contribution in [0.5, 0.6) is 5.75 Å². The Bertz CT molecular complexity index is 1350. The van der Waals surface area contributed by atoms with Crippen LogP contribution in [0.25, 0.3) is 5.69 Å². The minimum atomic E-state index is -3.36. The lowest BCUT2D eigenvalue weighted by Crippen LogP contribution is -2.11. The first-order chi connectivity index (χ1) is 16.7. The second-order valence-corrected chi connectivity index (χ2v) is 12.3. The lowest BCUT2D eigenvalue weighted by molar-refractivity contribution is 0.292. The van der Waals surface area contributed by atoms with Crippen LogP contribution < -0.4 is 4.74 Å². The second-order valence-electron chi connectivity index (χ2n) is 9.11. The zero-order valence-electron chi connectivity index (χ0n) is 20.1. The summed E-state index contributed by atoms with van der Waals surface area (Å²) in [5, 5.41) is 9.33. The van der Waals surface area contributed by atoms with Crippen LogP contribution in [0.15, 0.2) is 95.0 Å². The molecule has 0 N–H and O–H groups in total. The van der Waals surface area contributed by atoms with Gasteiger partial charge in [-0.3, -0.25) is 4.57 Å². The smallest absolute Gasteiger partial charge is 0.195 e. The first-order valence-corrected chi connectivity index (χ1v) is 14.0. The van der Waals surface area contributed by atoms with E-state index in [1.165, 1.54) is 17.3 Å². The van der Waals surface area contributed by atoms with Crippen molar-refractivity contribution in [3.8, 4) is 11.4 Å². The molecule has 1 aromatic heterocycles. The number of hydrogen-bond acceptors (Lipinski definition) is 6. The number of thioether (sulfide) groups is 1. The summed E-state index contributed by atoms with van der Waals surface area (Å²) in [6, 6.07) is 26.4. The Kier molecular flexibility index (Phi) is 7.62. The highest BCUT2D eigenvalue weighted by molar-refractivity contribution is 8.00. The Morgan fingerprint density at radius 1 is 0.857 bits per heavy atom. The number of ether oxygens (including phenoxy) is 1. The molecule has 0 aliphatic rings. The summed E-state index contributed by atoms with van der Waals surface area (Å²) >= 11 is 1.37. The van der Waals surface area contributed by atoms with Gasteiger partial charge in [0.25, 0.3) is 0 Å². The van der Waals surface area contributed by atoms with E-state index in [0.717, 1.165) is 11.4 Å². The molecule has 0 bridgehead atoms. The summed E-state index contributed by atoms with van der Waals surface area (Å²) in [6.07, 6.45) is 0. The molecule has 4 aromatic rings. The molecule has 0 aliphatic carbocycles. The number of hydrogen-bond donors (Lipinski definition) is 0. The molecule has 182 valence electrons. The second kappa shape index (κ2) is 10.7. The number of benzene rings is 3. The van der Waals surface area contributed by atoms with Gasteiger partial charge in [0.15, 0.2) is 20.8 Å². The summed E-state index contributed by atoms with van der Waals surface area (Å²) < 4.78 is 33.2. The third-order valence-corrected chi connectivity index (χ3v) is 8.41. The van der Waals surface area contributed by atoms with E-state index < -0.39 is 9.84 Å². The Morgan fingerprint density at radius 3 is 2.11 bits per heavy atom. The maximum absolute atomic E-state index is 12.7. The van der Waals surface area contributed by atoms with Gasteiger partial charge >= 0.3 is 0 Å². The van der Waals surface area contributed by atoms with Gasteiger partial charge in [-0.25, -0.2) is 8.42 Å². The highest BCUT2D eigenvalue weighted by Crippen LogP contribution is 2.26. The van der Waals surface area contributed by atoms with Crippen LogP contribution in [0.1, 0.15) is 32.2 Å². The molecule has 0 atom stereocenters. The average molecular weight is 508 g/mol. The maximum atomic E-state index is 12.7. The largest absolute Gasteiger partial charge is 0.486 e. The first-order valence-electron chi connectivity index (χ1n) is 11.4. The van der Waals surface area contributed by atoms with Crippen LogP contribution in [-0.2, 0) is 21.9 Å². The number of sulfone groups is 1. The fourth-order valence-corrected chi connectivity index (χ4v) is 6.15. The monoisotopic (exact) mass is 507 g/mol. The summed E-state index contributed by atoms with van der Waals surface area (Å²) in [5.74, 6) is 1.76. The Labute approximate surface area is 211 Å². The third kappa shape index (κ3) is 6.32. The van der Waals surface area contributed by atoms with Gasteiger partial charge in [-0.2, -0.15) is 0 Å². The fourth-order valence-electron chi connectivity index (χ4n) is 3.51. The lowest BCUT2D eigenvalue weighted by Gasteiger charge is -2.19. The fraction of sp³-hybridized carbons (Fsp3) is 0.259. The van der Waals surface area contributed by atoms with Gasteiger partial charge in [-0.05, 0) is 47.4 Å². The number of rotatable bonds is 9. The minimum Gasteiger partial charge on any atom is -0.486 e. The van der Waals surface area contributed by atoms with Crippen molar-refractivity contribution in [2.75, 3.05) is 11.5 Å². The molecule has 4 rings (SSSR count). The molecule has 0 amide bonds. The number of nitrogens with zero attached hydrogens (tertiary/aromatic N) is 3. The minimum absolute atomic E-state index is 0.00921. The maximum Gasteiger partial charge on any atom is 0.195 e. The predicted octanol–water partition coefficient (Wildman–Crippen LogP) is 5.71. The lowest BCUT2D eigenvalue weighted by atomic mass is 9.87. The van der Waals surface area contributed by atoms with Crippen LogP contribution in [0, 0.1) is 0 Å². The number of aromatic nitrogens is 3. The van der Waals surface area contributed by atoms with Crippen molar-refractivity contribution in [3.63, 3.8) is 0 Å². The highest BCUT2D eigenvalue weighted by Gasteiger charge is 2.19. The van der Waals surface area contributed by atoms with E-state index in [0.29, 0.717) is 21.6 Å². The van der Waals surface area contributed by atoms with E-state index in [1.54, 1.807) is 30.3 Å². The molecular weight excluding hydrogens is 478 g/mol. The van der Waals surface area contributed by atoms with Crippen LogP contribution >= 0.6 is 11.8 Å². The van der Waals surface area contributed by atoms with Gasteiger partial charge in [0.05, 0.1) is 10.6 Å². The number of para-hydroxylation sites is 1. The summed E-state index contributed by atoms with van der Waals surface area (Å²) in [4.78, 5) is 0.330. The molecule has 0 aliphatic heterocycles. The van der Waals surface area contributed by atoms with E-state index in [-0.39, 0.29) is 17.8 Å². The first kappa shape index (κ1) is 25.0. The molecule has 3 aromatic carbocycles. The van der Waals surface area contributed by atoms with Gasteiger partial charge in [-0.1, -0.05) is 81.1 Å². The van der Waals surface area contributed by atoms with Crippen LogP contribution in [-0.4, -0.2) is 34.7 Å². The molecular formula is C27H29N3O3S2. The van der Waals surface area contributed by atoms with Crippen molar-refractivity contribution in [2.24, 2.45) is 0 Å². The molecule has 0 unspecified atom stereocenters. The van der Waals surface area contributed by atoms with Crippen molar-refractivity contribution in [3.05, 3.63) is 96.3 Å². The van der Waals surface area contributed by atoms with Gasteiger partial charge in [0, 0.05) is 11.4 Å². The van der Waals surface area contributed by atoms with E-state index >= 15 is 0 Å². The predicted molar refractivity (Wildman–Crippen MR) is 140 cm³/mol. The van der Waals surface area contributed by atoms with Crippen molar-refractivity contribution < 1.29 is 13.2 Å². The van der Waals surface area contributed by atoms with E-state index in [2.05, 4.69) is 43.1 Å². The summed E-state index contributed by atoms with van der Waals surface area (Å²) in [6.45, 7) is 6.76. The zero-order valence-corrected chi connectivity index (χ0v) is 21.7. The van der Waals surface area contributed by atoms with Crippen molar-refractivity contribution in [1.82, 2.24) is 14.8 Å². The topological polar surface area (TPSA) is 74.1 Å². The third-order valence-electron chi connectivity index (χ3n) is 5.49. The van der Waals surface area contributed by atoms with E-state index in [9.17, 15) is 8.42 Å². The molecule has 0 spiro atoms. The molecule has 6 nitrogen and oxygen atoms in total. The van der Waals surface area contributed by atoms with Gasteiger partial charge < -0.3 is 4.74 Å². The Balaban J connectivity index is 1.49. The highest BCUT2D eigenvalue weighted by atomic mass is 32.2. The molecule has 0 saturated heterocycles. The molecule has 0 fully saturated rings. The standard InChI is InChI=1S/C27H29N3O3S2/c1-27(2,3)21-14-16-23(17-15-21)33-20-25-28-29-26(30(25)22-10-6-4-7-11-22)34-18-19-35(31,32)24-12-8-5-9-13-24/h4-17H,18-20H2,1-3H3. The quantitative estimate of drug-likeness (QED) is 0.270. The van der Waals surface area contributed by atoms with Gasteiger partial charge in [-0.15, -0.1) is 10.2 Å². The van der Waals surface area contributed by atoms with E-state index in [1.807, 2.05) is 47.0 Å². The zero-order chi connectivity index (χ0) is 24.9. The van der Waals surface area contributed by atoms with Crippen LogP contribution in [0.2, 0.25) is 0 Å². The molecule has 35 heavy (non-hydrogen) atoms. The molecule has 8 heteroatoms. The van der Waals surface area contributed by atoms with Crippen LogP contribution in [0.4, 0.5) is 0 Å². The van der Waals surface area contributed by atoms with Crippen LogP contribution in [0.3, 0.4) is 0 Å². The van der Waals surface area contributed by atoms with Gasteiger partial charge in [0.1, 0.15) is 12.4 Å². The molecule has 0 saturated carbocycles. The molecule has 1 heterocycles. The van der Waals surface area contributed by atoms with E-state index in [4.69, 9.17) is 4.74 Å². The van der Waals surface area contributed by atoms with Gasteiger partial charge in [0.2, 0.25) is 0 Å². The van der Waals surface area contributed by atoms with Crippen molar-refractivity contribution in [1.29, 1.82) is 0 Å². The summed E-state index contributed by atoms with van der Waals surface area (Å²) in [5.41, 5.74) is 2.21. The van der Waals surface area contributed by atoms with Crippen molar-refractivity contribution in [2.45, 2.75) is 42.8 Å². The Morgan fingerprint density at radius 2 is 1.49 bits per heavy atom. The average Bonchev–Trinajstić information content (AvgIpc) is 3.26. The normalized spacial score (nSPS) is 12.0.